The van der Waals surface area contributed by atoms with Crippen LogP contribution in [0.2, 0.25) is 0 Å². The molecule has 0 saturated heterocycles. The first kappa shape index (κ1) is 11.6. The van der Waals surface area contributed by atoms with E-state index in [2.05, 4.69) is 29.4 Å². The average Bonchev–Trinajstić information content (AvgIpc) is 2.25. The summed E-state index contributed by atoms with van der Waals surface area (Å²) >= 11 is 0. The molecule has 0 amide bonds. The number of hydrogen-bond donors (Lipinski definition) is 1. The third kappa shape index (κ3) is 3.29. The number of hydrogen-bond acceptors (Lipinski definition) is 3. The second-order valence-electron chi connectivity index (χ2n) is 4.26. The number of ether oxygens (including phenoxy) is 1. The van der Waals surface area contributed by atoms with E-state index < -0.39 is 0 Å². The van der Waals surface area contributed by atoms with E-state index in [1.165, 1.54) is 19.3 Å². The molecular formula is C13H20N2O. The van der Waals surface area contributed by atoms with Crippen LogP contribution in [0.5, 0.6) is 0 Å². The Hall–Kier alpha value is -0.930. The van der Waals surface area contributed by atoms with Gasteiger partial charge in [-0.05, 0) is 37.9 Å². The van der Waals surface area contributed by atoms with Gasteiger partial charge in [-0.2, -0.15) is 0 Å². The van der Waals surface area contributed by atoms with Gasteiger partial charge in [-0.3, -0.25) is 4.98 Å². The summed E-state index contributed by atoms with van der Waals surface area (Å²) in [6.45, 7) is 4.58. The fraction of sp³-hybridized carbons (Fsp3) is 0.615. The van der Waals surface area contributed by atoms with Gasteiger partial charge in [0.15, 0.2) is 0 Å². The van der Waals surface area contributed by atoms with Crippen molar-refractivity contribution in [3.05, 3.63) is 29.6 Å². The number of aromatic nitrogens is 1. The summed E-state index contributed by atoms with van der Waals surface area (Å²) in [4.78, 5) is 4.55. The molecule has 88 valence electrons. The van der Waals surface area contributed by atoms with Gasteiger partial charge in [-0.15, -0.1) is 0 Å². The molecule has 1 aromatic heterocycles. The summed E-state index contributed by atoms with van der Waals surface area (Å²) in [5, 5.41) is 3.28. The number of nitrogens with one attached hydrogen (secondary N) is 1. The topological polar surface area (TPSA) is 34.1 Å². The Bertz CT molecular complexity index is 323. The van der Waals surface area contributed by atoms with E-state index in [1.54, 1.807) is 0 Å². The standard InChI is InChI=1S/C13H20N2O/c1-2-14-9-11-5-3-6-12(15-11)10-16-13-7-4-8-13/h3,5-6,13-14H,2,4,7-10H2,1H3. The monoisotopic (exact) mass is 220 g/mol. The van der Waals surface area contributed by atoms with Crippen LogP contribution in [0.3, 0.4) is 0 Å². The van der Waals surface area contributed by atoms with Crippen molar-refractivity contribution in [1.29, 1.82) is 0 Å². The van der Waals surface area contributed by atoms with E-state index in [-0.39, 0.29) is 0 Å². The molecule has 0 unspecified atom stereocenters. The Morgan fingerprint density at radius 2 is 2.19 bits per heavy atom. The smallest absolute Gasteiger partial charge is 0.0891 e. The Morgan fingerprint density at radius 3 is 2.88 bits per heavy atom. The van der Waals surface area contributed by atoms with Crippen LogP contribution in [0.15, 0.2) is 18.2 Å². The van der Waals surface area contributed by atoms with Crippen LogP contribution in [0.1, 0.15) is 37.6 Å². The highest BCUT2D eigenvalue weighted by atomic mass is 16.5. The van der Waals surface area contributed by atoms with Crippen LogP contribution in [-0.4, -0.2) is 17.6 Å². The summed E-state index contributed by atoms with van der Waals surface area (Å²) in [6, 6.07) is 6.14. The molecule has 3 heteroatoms. The Morgan fingerprint density at radius 1 is 1.38 bits per heavy atom. The maximum Gasteiger partial charge on any atom is 0.0891 e. The highest BCUT2D eigenvalue weighted by Gasteiger charge is 2.17. The lowest BCUT2D eigenvalue weighted by Gasteiger charge is -2.25. The van der Waals surface area contributed by atoms with E-state index in [1.807, 2.05) is 6.07 Å². The molecule has 0 aliphatic heterocycles. The van der Waals surface area contributed by atoms with E-state index in [0.717, 1.165) is 24.5 Å². The molecule has 0 bridgehead atoms. The molecule has 0 aromatic carbocycles. The van der Waals surface area contributed by atoms with E-state index in [9.17, 15) is 0 Å². The molecule has 1 aliphatic rings. The van der Waals surface area contributed by atoms with Crippen molar-refractivity contribution in [2.75, 3.05) is 6.54 Å². The van der Waals surface area contributed by atoms with Crippen LogP contribution in [0.25, 0.3) is 0 Å². The van der Waals surface area contributed by atoms with Gasteiger partial charge in [0, 0.05) is 6.54 Å². The molecule has 16 heavy (non-hydrogen) atoms. The number of nitrogens with zero attached hydrogens (tertiary/aromatic N) is 1. The SMILES string of the molecule is CCNCc1cccc(COC2CCC2)n1. The fourth-order valence-corrected chi connectivity index (χ4v) is 1.70. The predicted molar refractivity (Wildman–Crippen MR) is 64.0 cm³/mol. The minimum absolute atomic E-state index is 0.485. The molecule has 2 rings (SSSR count). The Balaban J connectivity index is 1.82. The molecule has 0 atom stereocenters. The summed E-state index contributed by atoms with van der Waals surface area (Å²) in [6.07, 6.45) is 4.24. The van der Waals surface area contributed by atoms with E-state index in [0.29, 0.717) is 12.7 Å². The summed E-state index contributed by atoms with van der Waals surface area (Å²) < 4.78 is 5.74. The third-order valence-corrected chi connectivity index (χ3v) is 2.94. The molecular weight excluding hydrogens is 200 g/mol. The largest absolute Gasteiger partial charge is 0.372 e. The van der Waals surface area contributed by atoms with Crippen molar-refractivity contribution in [2.45, 2.75) is 45.4 Å². The molecule has 1 aliphatic carbocycles. The van der Waals surface area contributed by atoms with Crippen LogP contribution in [0.4, 0.5) is 0 Å². The van der Waals surface area contributed by atoms with Crippen LogP contribution >= 0.6 is 0 Å². The van der Waals surface area contributed by atoms with Gasteiger partial charge in [-0.1, -0.05) is 13.0 Å². The highest BCUT2D eigenvalue weighted by molar-refractivity contribution is 5.10. The Labute approximate surface area is 97.2 Å². The zero-order valence-electron chi connectivity index (χ0n) is 9.91. The first-order valence-corrected chi connectivity index (χ1v) is 6.15. The zero-order valence-corrected chi connectivity index (χ0v) is 9.91. The van der Waals surface area contributed by atoms with Crippen LogP contribution in [-0.2, 0) is 17.9 Å². The lowest BCUT2D eigenvalue weighted by Crippen LogP contribution is -2.21. The third-order valence-electron chi connectivity index (χ3n) is 2.94. The van der Waals surface area contributed by atoms with Crippen molar-refractivity contribution in [1.82, 2.24) is 10.3 Å². The second kappa shape index (κ2) is 5.97. The predicted octanol–water partition coefficient (Wildman–Crippen LogP) is 2.26. The summed E-state index contributed by atoms with van der Waals surface area (Å²) in [5.41, 5.74) is 2.14. The lowest BCUT2D eigenvalue weighted by atomic mass is 9.96. The van der Waals surface area contributed by atoms with Crippen molar-refractivity contribution >= 4 is 0 Å². The van der Waals surface area contributed by atoms with Crippen molar-refractivity contribution in [2.24, 2.45) is 0 Å². The van der Waals surface area contributed by atoms with Gasteiger partial charge in [0.05, 0.1) is 24.1 Å². The first-order chi connectivity index (χ1) is 7.88. The summed E-state index contributed by atoms with van der Waals surface area (Å²) in [5.74, 6) is 0. The molecule has 1 saturated carbocycles. The molecule has 1 N–H and O–H groups in total. The van der Waals surface area contributed by atoms with Gasteiger partial charge in [-0.25, -0.2) is 0 Å². The van der Waals surface area contributed by atoms with Crippen LogP contribution in [0, 0.1) is 0 Å². The van der Waals surface area contributed by atoms with Crippen molar-refractivity contribution < 1.29 is 4.74 Å². The molecule has 1 heterocycles. The van der Waals surface area contributed by atoms with E-state index >= 15 is 0 Å². The van der Waals surface area contributed by atoms with Crippen molar-refractivity contribution in [3.8, 4) is 0 Å². The quantitative estimate of drug-likeness (QED) is 0.798. The Kier molecular flexibility index (Phi) is 4.31. The van der Waals surface area contributed by atoms with Gasteiger partial charge < -0.3 is 10.1 Å². The second-order valence-corrected chi connectivity index (χ2v) is 4.26. The summed E-state index contributed by atoms with van der Waals surface area (Å²) in [7, 11) is 0. The van der Waals surface area contributed by atoms with Crippen molar-refractivity contribution in [3.63, 3.8) is 0 Å². The maximum atomic E-state index is 5.74. The van der Waals surface area contributed by atoms with Gasteiger partial charge in [0.1, 0.15) is 0 Å². The molecule has 0 spiro atoms. The first-order valence-electron chi connectivity index (χ1n) is 6.15. The fourth-order valence-electron chi connectivity index (χ4n) is 1.70. The van der Waals surface area contributed by atoms with E-state index in [4.69, 9.17) is 4.74 Å². The molecule has 0 radical (unpaired) electrons. The van der Waals surface area contributed by atoms with Gasteiger partial charge >= 0.3 is 0 Å². The van der Waals surface area contributed by atoms with Gasteiger partial charge in [0.25, 0.3) is 0 Å². The minimum Gasteiger partial charge on any atom is -0.372 e. The average molecular weight is 220 g/mol. The highest BCUT2D eigenvalue weighted by Crippen LogP contribution is 2.22. The molecule has 3 nitrogen and oxygen atoms in total. The minimum atomic E-state index is 0.485. The molecule has 1 aromatic rings. The lowest BCUT2D eigenvalue weighted by molar-refractivity contribution is -0.0101. The van der Waals surface area contributed by atoms with Crippen LogP contribution < -0.4 is 5.32 Å². The maximum absolute atomic E-state index is 5.74. The van der Waals surface area contributed by atoms with Gasteiger partial charge in [0.2, 0.25) is 0 Å². The zero-order chi connectivity index (χ0) is 11.2. The number of rotatable bonds is 6. The number of pyridine rings is 1. The normalized spacial score (nSPS) is 16.1. The molecule has 1 fully saturated rings.